The molecule has 1 fully saturated rings. The van der Waals surface area contributed by atoms with Crippen LogP contribution in [0.4, 0.5) is 4.39 Å². The normalized spacial score (nSPS) is 34.2. The van der Waals surface area contributed by atoms with Crippen LogP contribution in [-0.4, -0.2) is 32.8 Å². The Morgan fingerprint density at radius 2 is 2.46 bits per heavy atom. The number of hydrogen-bond acceptors (Lipinski definition) is 3. The van der Waals surface area contributed by atoms with Gasteiger partial charge in [-0.25, -0.2) is 0 Å². The van der Waals surface area contributed by atoms with Gasteiger partial charge in [-0.2, -0.15) is 0 Å². The van der Waals surface area contributed by atoms with Gasteiger partial charge in [-0.1, -0.05) is 0 Å². The summed E-state index contributed by atoms with van der Waals surface area (Å²) in [5.74, 6) is -0.524. The first-order valence-corrected chi connectivity index (χ1v) is 4.50. The van der Waals surface area contributed by atoms with Crippen molar-refractivity contribution in [1.29, 1.82) is 0 Å². The number of alkyl halides is 1. The average Bonchev–Trinajstić information content (AvgIpc) is 2.17. The van der Waals surface area contributed by atoms with Crippen molar-refractivity contribution >= 4 is 5.97 Å². The molecule has 0 aromatic carbocycles. The molecule has 76 valence electrons. The van der Waals surface area contributed by atoms with Gasteiger partial charge < -0.3 is 10.1 Å². The molecule has 0 radical (unpaired) electrons. The van der Waals surface area contributed by atoms with E-state index in [9.17, 15) is 9.18 Å². The highest BCUT2D eigenvalue weighted by Gasteiger charge is 2.43. The van der Waals surface area contributed by atoms with Gasteiger partial charge in [-0.05, 0) is 19.9 Å². The summed E-state index contributed by atoms with van der Waals surface area (Å²) < 4.78 is 17.3. The van der Waals surface area contributed by atoms with Crippen LogP contribution < -0.4 is 5.32 Å². The number of piperidine rings is 1. The highest BCUT2D eigenvalue weighted by molar-refractivity contribution is 5.77. The third-order valence-electron chi connectivity index (χ3n) is 2.90. The molecule has 0 aliphatic carbocycles. The lowest BCUT2D eigenvalue weighted by Crippen LogP contribution is -2.50. The van der Waals surface area contributed by atoms with E-state index in [0.717, 1.165) is 6.54 Å². The monoisotopic (exact) mass is 189 g/mol. The van der Waals surface area contributed by atoms with Gasteiger partial charge in [0.1, 0.15) is 0 Å². The standard InChI is InChI=1S/C9H16FNO2/c1-9(8(12)13-2)6-11-4-3-7(9)5-10/h7,11H,3-6H2,1-2H3/t7?,9-/m1/s1. The van der Waals surface area contributed by atoms with E-state index >= 15 is 0 Å². The number of nitrogens with one attached hydrogen (secondary N) is 1. The number of hydrogen-bond donors (Lipinski definition) is 1. The van der Waals surface area contributed by atoms with E-state index in [1.165, 1.54) is 7.11 Å². The smallest absolute Gasteiger partial charge is 0.313 e. The van der Waals surface area contributed by atoms with Crippen molar-refractivity contribution in [2.45, 2.75) is 13.3 Å². The molecule has 0 bridgehead atoms. The number of ether oxygens (including phenoxy) is 1. The van der Waals surface area contributed by atoms with Gasteiger partial charge in [-0.3, -0.25) is 9.18 Å². The number of esters is 1. The molecule has 1 rings (SSSR count). The van der Waals surface area contributed by atoms with E-state index in [1.807, 2.05) is 0 Å². The third-order valence-corrected chi connectivity index (χ3v) is 2.90. The van der Waals surface area contributed by atoms with Crippen molar-refractivity contribution in [2.24, 2.45) is 11.3 Å². The van der Waals surface area contributed by atoms with E-state index in [4.69, 9.17) is 0 Å². The minimum atomic E-state index is -0.693. The Hall–Kier alpha value is -0.640. The van der Waals surface area contributed by atoms with Gasteiger partial charge in [0.2, 0.25) is 0 Å². The van der Waals surface area contributed by atoms with E-state index in [1.54, 1.807) is 6.92 Å². The van der Waals surface area contributed by atoms with Gasteiger partial charge in [0.25, 0.3) is 0 Å². The highest BCUT2D eigenvalue weighted by atomic mass is 19.1. The van der Waals surface area contributed by atoms with Crippen molar-refractivity contribution in [3.05, 3.63) is 0 Å². The van der Waals surface area contributed by atoms with Crippen LogP contribution >= 0.6 is 0 Å². The molecule has 3 nitrogen and oxygen atoms in total. The lowest BCUT2D eigenvalue weighted by atomic mass is 9.73. The summed E-state index contributed by atoms with van der Waals surface area (Å²) in [6.07, 6.45) is 0.697. The fourth-order valence-corrected chi connectivity index (χ4v) is 1.81. The van der Waals surface area contributed by atoms with Gasteiger partial charge in [0, 0.05) is 12.5 Å². The maximum Gasteiger partial charge on any atom is 0.313 e. The molecular formula is C9H16FNO2. The van der Waals surface area contributed by atoms with Crippen molar-refractivity contribution in [3.8, 4) is 0 Å². The predicted molar refractivity (Wildman–Crippen MR) is 47.1 cm³/mol. The SMILES string of the molecule is COC(=O)[C@]1(C)CNCCC1CF. The lowest BCUT2D eigenvalue weighted by Gasteiger charge is -2.37. The number of rotatable bonds is 2. The zero-order valence-electron chi connectivity index (χ0n) is 8.10. The van der Waals surface area contributed by atoms with Crippen LogP contribution in [0.2, 0.25) is 0 Å². The Kier molecular flexibility index (Phi) is 3.25. The van der Waals surface area contributed by atoms with Gasteiger partial charge in [0.05, 0.1) is 19.2 Å². The predicted octanol–water partition coefficient (Wildman–Crippen LogP) is 0.745. The Bertz CT molecular complexity index is 198. The van der Waals surface area contributed by atoms with Crippen LogP contribution in [0.3, 0.4) is 0 Å². The minimum Gasteiger partial charge on any atom is -0.469 e. The number of halogens is 1. The molecule has 0 saturated carbocycles. The maximum absolute atomic E-state index is 12.6. The molecular weight excluding hydrogens is 173 g/mol. The molecule has 13 heavy (non-hydrogen) atoms. The molecule has 1 unspecified atom stereocenters. The molecule has 2 atom stereocenters. The van der Waals surface area contributed by atoms with Crippen LogP contribution in [0.25, 0.3) is 0 Å². The van der Waals surface area contributed by atoms with E-state index in [-0.39, 0.29) is 11.9 Å². The highest BCUT2D eigenvalue weighted by Crippen LogP contribution is 2.33. The lowest BCUT2D eigenvalue weighted by molar-refractivity contribution is -0.156. The zero-order chi connectivity index (χ0) is 9.90. The Morgan fingerprint density at radius 3 is 3.00 bits per heavy atom. The molecule has 0 aromatic heterocycles. The number of carbonyl (C=O) groups excluding carboxylic acids is 1. The summed E-state index contributed by atoms with van der Waals surface area (Å²) in [5.41, 5.74) is -0.693. The Balaban J connectivity index is 2.76. The molecule has 1 aliphatic rings. The topological polar surface area (TPSA) is 38.3 Å². The third kappa shape index (κ3) is 1.82. The summed E-state index contributed by atoms with van der Waals surface area (Å²) >= 11 is 0. The molecule has 0 spiro atoms. The summed E-state index contributed by atoms with van der Waals surface area (Å²) in [7, 11) is 1.34. The minimum absolute atomic E-state index is 0.207. The van der Waals surface area contributed by atoms with Gasteiger partial charge >= 0.3 is 5.97 Å². The van der Waals surface area contributed by atoms with Crippen molar-refractivity contribution in [3.63, 3.8) is 0 Å². The second-order valence-electron chi connectivity index (χ2n) is 3.73. The first-order chi connectivity index (χ1) is 6.15. The van der Waals surface area contributed by atoms with Crippen LogP contribution in [0.15, 0.2) is 0 Å². The maximum atomic E-state index is 12.6. The van der Waals surface area contributed by atoms with Gasteiger partial charge in [-0.15, -0.1) is 0 Å². The van der Waals surface area contributed by atoms with Crippen molar-refractivity contribution < 1.29 is 13.9 Å². The molecule has 0 amide bonds. The molecule has 1 N–H and O–H groups in total. The fraction of sp³-hybridized carbons (Fsp3) is 0.889. The number of carbonyl (C=O) groups is 1. The second kappa shape index (κ2) is 4.05. The fourth-order valence-electron chi connectivity index (χ4n) is 1.81. The van der Waals surface area contributed by atoms with Crippen LogP contribution in [0.1, 0.15) is 13.3 Å². The van der Waals surface area contributed by atoms with Crippen LogP contribution in [0, 0.1) is 11.3 Å². The zero-order valence-corrected chi connectivity index (χ0v) is 8.10. The first kappa shape index (κ1) is 10.4. The molecule has 1 saturated heterocycles. The number of methoxy groups -OCH3 is 1. The molecule has 1 aliphatic heterocycles. The Morgan fingerprint density at radius 1 is 1.77 bits per heavy atom. The molecule has 1 heterocycles. The summed E-state index contributed by atoms with van der Waals surface area (Å²) in [5, 5.41) is 3.09. The largest absolute Gasteiger partial charge is 0.469 e. The van der Waals surface area contributed by atoms with E-state index in [2.05, 4.69) is 10.1 Å². The first-order valence-electron chi connectivity index (χ1n) is 4.50. The van der Waals surface area contributed by atoms with Crippen molar-refractivity contribution in [1.82, 2.24) is 5.32 Å². The van der Waals surface area contributed by atoms with Crippen LogP contribution in [-0.2, 0) is 9.53 Å². The van der Waals surface area contributed by atoms with Gasteiger partial charge in [0.15, 0.2) is 0 Å². The Labute approximate surface area is 77.6 Å². The summed E-state index contributed by atoms with van der Waals surface area (Å²) in [6, 6.07) is 0. The summed E-state index contributed by atoms with van der Waals surface area (Å²) in [4.78, 5) is 11.4. The van der Waals surface area contributed by atoms with Crippen LogP contribution in [0.5, 0.6) is 0 Å². The quantitative estimate of drug-likeness (QED) is 0.651. The van der Waals surface area contributed by atoms with E-state index < -0.39 is 12.1 Å². The molecule has 4 heteroatoms. The average molecular weight is 189 g/mol. The van der Waals surface area contributed by atoms with E-state index in [0.29, 0.717) is 13.0 Å². The summed E-state index contributed by atoms with van der Waals surface area (Å²) in [6.45, 7) is 2.60. The van der Waals surface area contributed by atoms with Crippen molar-refractivity contribution in [2.75, 3.05) is 26.9 Å². The molecule has 0 aromatic rings. The second-order valence-corrected chi connectivity index (χ2v) is 3.73.